The number of imide groups is 2. The Labute approximate surface area is 347 Å². The van der Waals surface area contributed by atoms with Gasteiger partial charge in [0.15, 0.2) is 0 Å². The first-order chi connectivity index (χ1) is 29.0. The Balaban J connectivity index is 1.10. The summed E-state index contributed by atoms with van der Waals surface area (Å²) in [4.78, 5) is 62.7. The van der Waals surface area contributed by atoms with Gasteiger partial charge >= 0.3 is 0 Å². The zero-order valence-corrected chi connectivity index (χ0v) is 33.6. The van der Waals surface area contributed by atoms with Gasteiger partial charge in [0.2, 0.25) is 11.8 Å². The van der Waals surface area contributed by atoms with E-state index in [1.165, 1.54) is 18.1 Å². The van der Waals surface area contributed by atoms with Crippen LogP contribution in [0.15, 0.2) is 143 Å². The number of nitrogens with zero attached hydrogens (tertiary/aromatic N) is 5. The van der Waals surface area contributed by atoms with Crippen molar-refractivity contribution in [3.05, 3.63) is 150 Å². The monoisotopic (exact) mass is 800 g/mol. The maximum atomic E-state index is 15.4. The van der Waals surface area contributed by atoms with Crippen LogP contribution in [0.5, 0.6) is 11.5 Å². The molecule has 6 unspecified atom stereocenters. The van der Waals surface area contributed by atoms with Gasteiger partial charge in [-0.3, -0.25) is 29.5 Å². The summed E-state index contributed by atoms with van der Waals surface area (Å²) in [5, 5.41) is 21.6. The van der Waals surface area contributed by atoms with Crippen molar-refractivity contribution in [2.24, 2.45) is 33.9 Å². The van der Waals surface area contributed by atoms with Crippen LogP contribution in [0.4, 0.5) is 28.4 Å². The fourth-order valence-electron chi connectivity index (χ4n) is 9.84. The Hall–Kier alpha value is -7.08. The number of nitrogens with one attached hydrogen (secondary N) is 1. The average molecular weight is 801 g/mol. The first-order valence-electron chi connectivity index (χ1n) is 20.0. The number of phenolic OH excluding ortho intramolecular Hbond substituents is 1. The highest BCUT2D eigenvalue weighted by atomic mass is 16.5. The Morgan fingerprint density at radius 3 is 2.08 bits per heavy atom. The van der Waals surface area contributed by atoms with E-state index in [-0.39, 0.29) is 30.4 Å². The summed E-state index contributed by atoms with van der Waals surface area (Å²) in [5.74, 6) is -5.22. The number of benzene rings is 5. The van der Waals surface area contributed by atoms with Crippen molar-refractivity contribution in [1.82, 2.24) is 5.01 Å². The summed E-state index contributed by atoms with van der Waals surface area (Å²) >= 11 is 0. The largest absolute Gasteiger partial charge is 0.508 e. The molecule has 0 spiro atoms. The van der Waals surface area contributed by atoms with Crippen LogP contribution in [-0.2, 0) is 24.6 Å². The van der Waals surface area contributed by atoms with E-state index in [2.05, 4.69) is 15.7 Å². The summed E-state index contributed by atoms with van der Waals surface area (Å²) in [6.07, 6.45) is 2.35. The van der Waals surface area contributed by atoms with Crippen molar-refractivity contribution in [2.75, 3.05) is 36.4 Å². The first kappa shape index (κ1) is 38.4. The quantitative estimate of drug-likeness (QED) is 0.0860. The molecule has 2 aliphatic heterocycles. The Kier molecular flexibility index (Phi) is 9.57. The van der Waals surface area contributed by atoms with Crippen LogP contribution in [0.2, 0.25) is 0 Å². The fourth-order valence-corrected chi connectivity index (χ4v) is 9.84. The number of aromatic hydroxyl groups is 1. The maximum Gasteiger partial charge on any atom is 0.260 e. The molecule has 12 nitrogen and oxygen atoms in total. The molecule has 2 aliphatic carbocycles. The SMILES string of the molecule is COc1ccc(C2C3=CCC4C(=O)N(c5ccc(N=Nc6ccc(N(C)C)cc6)cc5)C(=O)C4C3CC3C(=O)N(Nc4ccc(C)cc4)C(=O)C32c2ccccc2)c(O)c1. The van der Waals surface area contributed by atoms with Gasteiger partial charge in [0.05, 0.1) is 53.0 Å². The molecule has 12 heteroatoms. The molecule has 4 amide bonds. The van der Waals surface area contributed by atoms with Crippen LogP contribution in [0.25, 0.3) is 0 Å². The maximum absolute atomic E-state index is 15.4. The van der Waals surface area contributed by atoms with Gasteiger partial charge in [-0.1, -0.05) is 65.7 Å². The number of amides is 4. The second-order valence-electron chi connectivity index (χ2n) is 16.2. The molecule has 2 heterocycles. The highest BCUT2D eigenvalue weighted by molar-refractivity contribution is 6.22. The second kappa shape index (κ2) is 14.9. The van der Waals surface area contributed by atoms with E-state index >= 15 is 4.79 Å². The summed E-state index contributed by atoms with van der Waals surface area (Å²) in [6.45, 7) is 1.95. The Bertz CT molecular complexity index is 2570. The van der Waals surface area contributed by atoms with Gasteiger partial charge in [0.25, 0.3) is 11.8 Å². The molecule has 6 atom stereocenters. The summed E-state index contributed by atoms with van der Waals surface area (Å²) < 4.78 is 5.44. The van der Waals surface area contributed by atoms with E-state index < -0.39 is 46.8 Å². The van der Waals surface area contributed by atoms with Crippen LogP contribution >= 0.6 is 0 Å². The van der Waals surface area contributed by atoms with Gasteiger partial charge in [0.1, 0.15) is 11.5 Å². The number of phenols is 1. The topological polar surface area (TPSA) is 144 Å². The molecular formula is C48H44N6O6. The highest BCUT2D eigenvalue weighted by Crippen LogP contribution is 2.65. The fraction of sp³-hybridized carbons (Fsp3) is 0.250. The number of rotatable bonds is 9. The summed E-state index contributed by atoms with van der Waals surface area (Å²) in [6, 6.07) is 36.1. The molecule has 9 rings (SSSR count). The average Bonchev–Trinajstić information content (AvgIpc) is 3.64. The van der Waals surface area contributed by atoms with E-state index in [4.69, 9.17) is 4.74 Å². The van der Waals surface area contributed by atoms with Crippen molar-refractivity contribution in [3.8, 4) is 11.5 Å². The number of anilines is 3. The second-order valence-corrected chi connectivity index (χ2v) is 16.2. The van der Waals surface area contributed by atoms with Crippen molar-refractivity contribution in [1.29, 1.82) is 0 Å². The number of carbonyl (C=O) groups is 4. The van der Waals surface area contributed by atoms with Crippen molar-refractivity contribution >= 4 is 52.1 Å². The number of hydrogen-bond acceptors (Lipinski definition) is 10. The third-order valence-electron chi connectivity index (χ3n) is 12.7. The zero-order chi connectivity index (χ0) is 41.9. The van der Waals surface area contributed by atoms with E-state index in [1.54, 1.807) is 36.4 Å². The van der Waals surface area contributed by atoms with Crippen molar-refractivity contribution in [2.45, 2.75) is 31.1 Å². The summed E-state index contributed by atoms with van der Waals surface area (Å²) in [5.41, 5.74) is 7.64. The molecule has 2 saturated heterocycles. The molecule has 302 valence electrons. The van der Waals surface area contributed by atoms with E-state index in [0.29, 0.717) is 39.6 Å². The molecule has 2 N–H and O–H groups in total. The van der Waals surface area contributed by atoms with Gasteiger partial charge < -0.3 is 14.7 Å². The number of allylic oxidation sites excluding steroid dienone is 2. The third kappa shape index (κ3) is 6.13. The molecule has 0 radical (unpaired) electrons. The van der Waals surface area contributed by atoms with Gasteiger partial charge in [-0.2, -0.15) is 15.2 Å². The van der Waals surface area contributed by atoms with Crippen LogP contribution in [-0.4, -0.2) is 54.9 Å². The third-order valence-corrected chi connectivity index (χ3v) is 12.7. The smallest absolute Gasteiger partial charge is 0.260 e. The van der Waals surface area contributed by atoms with Gasteiger partial charge in [-0.25, -0.2) is 0 Å². The van der Waals surface area contributed by atoms with Gasteiger partial charge in [-0.15, -0.1) is 0 Å². The molecule has 4 aliphatic rings. The normalized spacial score (nSPS) is 24.6. The van der Waals surface area contributed by atoms with Gasteiger partial charge in [-0.05, 0) is 98.0 Å². The predicted molar refractivity (Wildman–Crippen MR) is 227 cm³/mol. The number of aryl methyl sites for hydroxylation is 1. The van der Waals surface area contributed by atoms with E-state index in [9.17, 15) is 19.5 Å². The number of hydrogen-bond donors (Lipinski definition) is 2. The number of hydrazine groups is 1. The van der Waals surface area contributed by atoms with Crippen LogP contribution < -0.4 is 20.0 Å². The van der Waals surface area contributed by atoms with Crippen LogP contribution in [0.3, 0.4) is 0 Å². The number of ether oxygens (including phenoxy) is 1. The lowest BCUT2D eigenvalue weighted by molar-refractivity contribution is -0.138. The lowest BCUT2D eigenvalue weighted by Gasteiger charge is -2.50. The molecule has 60 heavy (non-hydrogen) atoms. The predicted octanol–water partition coefficient (Wildman–Crippen LogP) is 8.38. The van der Waals surface area contributed by atoms with Crippen molar-refractivity contribution < 1.29 is 29.0 Å². The lowest BCUT2D eigenvalue weighted by atomic mass is 9.49. The first-order valence-corrected chi connectivity index (χ1v) is 20.0. The van der Waals surface area contributed by atoms with Crippen LogP contribution in [0, 0.1) is 30.6 Å². The highest BCUT2D eigenvalue weighted by Gasteiger charge is 2.70. The molecule has 5 aromatic carbocycles. The molecule has 0 bridgehead atoms. The lowest BCUT2D eigenvalue weighted by Crippen LogP contribution is -2.53. The molecular weight excluding hydrogens is 757 g/mol. The zero-order valence-electron chi connectivity index (χ0n) is 33.6. The number of fused-ring (bicyclic) bond motifs is 4. The molecule has 0 aromatic heterocycles. The Morgan fingerprint density at radius 2 is 1.45 bits per heavy atom. The molecule has 3 fully saturated rings. The summed E-state index contributed by atoms with van der Waals surface area (Å²) in [7, 11) is 5.43. The molecule has 1 saturated carbocycles. The van der Waals surface area contributed by atoms with E-state index in [0.717, 1.165) is 21.8 Å². The van der Waals surface area contributed by atoms with Gasteiger partial charge in [0, 0.05) is 37.3 Å². The minimum atomic E-state index is -1.51. The number of azo groups is 1. The minimum absolute atomic E-state index is 0.111. The number of carbonyl (C=O) groups excluding carboxylic acids is 4. The standard InChI is InChI=1S/C48H44N6O6/c1-28-10-12-32(13-11-28)51-54-45(57)40-27-39-36(43(37-23-22-35(60-4)26-41(37)55)48(40,47(54)59)29-8-6-5-7-9-29)24-25-38-42(39)46(58)53(44(38)56)34-20-16-31(17-21-34)50-49-30-14-18-33(19-15-30)52(2)3/h5-24,26,38-40,42-43,51,55H,25,27H2,1-4H3. The van der Waals surface area contributed by atoms with Crippen LogP contribution in [0.1, 0.15) is 35.4 Å². The molecule has 5 aromatic rings. The van der Waals surface area contributed by atoms with E-state index in [1.807, 2.05) is 111 Å². The minimum Gasteiger partial charge on any atom is -0.508 e. The Morgan fingerprint density at radius 1 is 0.783 bits per heavy atom. The number of methoxy groups -OCH3 is 1. The van der Waals surface area contributed by atoms with Crippen molar-refractivity contribution in [3.63, 3.8) is 0 Å².